The first kappa shape index (κ1) is 121. The first-order valence-electron chi connectivity index (χ1n) is 46.6. The maximum atomic E-state index is 10.0. The number of hydrogen-bond donors (Lipinski definition) is 4. The van der Waals surface area contributed by atoms with Crippen molar-refractivity contribution in [2.24, 2.45) is 0 Å². The Morgan fingerprint density at radius 1 is 0.287 bits per heavy atom. The largest absolute Gasteiger partial charge is 0.512 e. The van der Waals surface area contributed by atoms with Crippen LogP contribution in [0.1, 0.15) is 226 Å². The van der Waals surface area contributed by atoms with Crippen LogP contribution in [0.4, 0.5) is 0 Å². The molecule has 4 N–H and O–H groups in total. The summed E-state index contributed by atoms with van der Waals surface area (Å²) in [6, 6.07) is 81.3. The second kappa shape index (κ2) is 53.5. The van der Waals surface area contributed by atoms with Crippen LogP contribution in [0.25, 0.3) is 135 Å². The number of aliphatic hydroxyl groups excluding tert-OH is 4. The summed E-state index contributed by atoms with van der Waals surface area (Å²) in [7, 11) is 0. The molecule has 758 valence electrons. The number of hydrogen-bond acceptors (Lipinski definition) is 16. The van der Waals surface area contributed by atoms with Crippen molar-refractivity contribution in [1.82, 2.24) is 19.9 Å². The minimum Gasteiger partial charge on any atom is -0.512 e. The van der Waals surface area contributed by atoms with Gasteiger partial charge in [0.25, 0.3) is 0 Å². The van der Waals surface area contributed by atoms with Crippen molar-refractivity contribution in [3.63, 3.8) is 0 Å². The van der Waals surface area contributed by atoms with Gasteiger partial charge >= 0.3 is 0 Å². The van der Waals surface area contributed by atoms with Gasteiger partial charge in [0, 0.05) is 151 Å². The van der Waals surface area contributed by atoms with Gasteiger partial charge < -0.3 is 38.1 Å². The van der Waals surface area contributed by atoms with E-state index in [4.69, 9.17) is 58.0 Å². The van der Waals surface area contributed by atoms with Crippen LogP contribution in [0.3, 0.4) is 0 Å². The smallest absolute Gasteiger partial charge is 0.155 e. The Morgan fingerprint density at radius 2 is 0.524 bits per heavy atom. The van der Waals surface area contributed by atoms with Crippen LogP contribution in [0.15, 0.2) is 259 Å². The van der Waals surface area contributed by atoms with Gasteiger partial charge in [-0.3, -0.25) is 39.1 Å². The molecule has 16 nitrogen and oxygen atoms in total. The van der Waals surface area contributed by atoms with Gasteiger partial charge in [0.05, 0.1) is 45.1 Å². The Morgan fingerprint density at radius 3 is 0.762 bits per heavy atom. The van der Waals surface area contributed by atoms with E-state index in [0.29, 0.717) is 5.92 Å². The predicted octanol–water partition coefficient (Wildman–Crippen LogP) is 32.7. The molecule has 16 aromatic rings. The van der Waals surface area contributed by atoms with Crippen molar-refractivity contribution in [3.8, 4) is 90.3 Å². The van der Waals surface area contributed by atoms with Crippen molar-refractivity contribution in [2.45, 2.75) is 237 Å². The maximum absolute atomic E-state index is 10.0. The van der Waals surface area contributed by atoms with Gasteiger partial charge in [-0.05, 0) is 210 Å². The second-order valence-electron chi connectivity index (χ2n) is 39.6. The van der Waals surface area contributed by atoms with Crippen LogP contribution < -0.4 is 0 Å². The molecule has 0 saturated carbocycles. The summed E-state index contributed by atoms with van der Waals surface area (Å²) < 4.78 is 24.5. The van der Waals surface area contributed by atoms with Crippen molar-refractivity contribution in [2.75, 3.05) is 0 Å². The monoisotopic (exact) mass is 2630 g/mol. The molecular weight excluding hydrogens is 2490 g/mol. The number of pyridine rings is 4. The van der Waals surface area contributed by atoms with Crippen molar-refractivity contribution < 1.29 is 138 Å². The molecule has 0 spiro atoms. The van der Waals surface area contributed by atoms with Crippen molar-refractivity contribution >= 4 is 67.5 Å². The average Bonchev–Trinajstić information content (AvgIpc) is 1.71. The Balaban J connectivity index is 0.000000305. The van der Waals surface area contributed by atoms with Gasteiger partial charge in [-0.15, -0.1) is 140 Å². The number of aliphatic hydroxyl groups is 4. The molecule has 143 heavy (non-hydrogen) atoms. The summed E-state index contributed by atoms with van der Waals surface area (Å²) in [5.41, 5.74) is 38.8. The number of nitrogens with zero attached hydrogens (tertiary/aromatic N) is 4. The molecule has 8 aromatic heterocycles. The van der Waals surface area contributed by atoms with Crippen molar-refractivity contribution in [1.29, 1.82) is 0 Å². The zero-order valence-corrected chi connectivity index (χ0v) is 97.6. The van der Waals surface area contributed by atoms with Crippen LogP contribution in [-0.4, -0.2) is 63.5 Å². The zero-order chi connectivity index (χ0) is 103. The Kier molecular flexibility index (Phi) is 45.4. The topological polar surface area (TPSA) is 253 Å². The van der Waals surface area contributed by atoms with Gasteiger partial charge in [0.15, 0.2) is 45.5 Å². The van der Waals surface area contributed by atoms with E-state index in [1.165, 1.54) is 146 Å². The fourth-order valence-corrected chi connectivity index (χ4v) is 15.7. The van der Waals surface area contributed by atoms with Gasteiger partial charge in [0.2, 0.25) is 0 Å². The summed E-state index contributed by atoms with van der Waals surface area (Å²) in [5, 5.41) is 33.5. The number of ketones is 4. The average molecular weight is 2630 g/mol. The van der Waals surface area contributed by atoms with Crippen LogP contribution in [0, 0.1) is 107 Å². The summed E-state index contributed by atoms with van der Waals surface area (Å²) in [6.45, 7) is 61.3. The molecule has 16 rings (SSSR count). The molecule has 0 fully saturated rings. The third-order valence-electron chi connectivity index (χ3n) is 21.8. The molecule has 20 heteroatoms. The van der Waals surface area contributed by atoms with Crippen LogP contribution in [0.5, 0.6) is 0 Å². The normalized spacial score (nSPS) is 11.4. The summed E-state index contributed by atoms with van der Waals surface area (Å²) in [5.74, 6) is 3.73. The maximum Gasteiger partial charge on any atom is 0.155 e. The quantitative estimate of drug-likeness (QED) is 0.0475. The molecule has 0 amide bonds. The number of rotatable bonds is 13. The third kappa shape index (κ3) is 37.0. The molecule has 0 bridgehead atoms. The second-order valence-corrected chi connectivity index (χ2v) is 39.6. The fraction of sp³-hybridized carbons (Fsp3) is 0.285. The predicted molar refractivity (Wildman–Crippen MR) is 570 cm³/mol. The molecule has 0 unspecified atom stereocenters. The van der Waals surface area contributed by atoms with E-state index < -0.39 is 0 Å². The summed E-state index contributed by atoms with van der Waals surface area (Å²) >= 11 is 0. The fourth-order valence-electron chi connectivity index (χ4n) is 15.7. The minimum absolute atomic E-state index is 0. The summed E-state index contributed by atoms with van der Waals surface area (Å²) in [4.78, 5) is 59.4. The molecule has 0 aliphatic heterocycles. The molecule has 4 radical (unpaired) electrons. The number of carbonyl (C=O) groups is 4. The first-order valence-corrected chi connectivity index (χ1v) is 46.6. The van der Waals surface area contributed by atoms with Crippen LogP contribution in [-0.2, 0) is 116 Å². The zero-order valence-electron chi connectivity index (χ0n) is 88.0. The van der Waals surface area contributed by atoms with E-state index in [2.05, 4.69) is 317 Å². The molecule has 8 aromatic carbocycles. The standard InChI is InChI=1S/C29H32NO.C27H28NO.C24H22NO.C23H20NO.4C5H8O2.4Ir/c1-18-11-19(2)13-20(12-18)24-9-10-26-25(30-24)17-27(31-26)21-14-22(28(3,4)5)16-23(15-21)29(6,7)8;1-16-10-17(2)12-20(11-16)22-8-9-24-23(28-22)15-25(29-24)26-18(3)13-21(14-19(26)4)27(5,6)7;1-15(2)18-5-7-19(8-6-18)24-14-22-23(26-24)10-9-21(25-22)20-12-16(3)11-17(4)13-20;1-14-7-15(2)10-18(9-14)20-5-6-22-21(24-20)13-23(25-22)19-11-16(3)8-17(4)12-19;4*1-4(6)3-5(2)7;;;;/h9-12,14-17H,1-8H3;8-11,13-15H,1-7H3;5-12,14-15H,1-4H3;5-9,11-13H,1-4H3;4*3,6H,1-2H3;;;;/q4*-1;;;;;;;;. The Labute approximate surface area is 899 Å². The molecule has 8 heterocycles. The molecule has 0 saturated heterocycles. The SMILES string of the molecule is CC(=O)C=C(C)O.CC(=O)C=C(C)O.CC(=O)C=C(C)O.CC(=O)C=C(C)O.Cc1[c-]c(-c2ccc3oc(-c4c(C)cc(C(C)(C)C)cc4C)cc3n2)cc(C)c1.Cc1[c-]c(-c2ccc3oc(-c4cc(C(C)(C)C)cc(C(C)(C)C)c4)cc3n2)cc(C)c1.Cc1[c-]c(-c2ccc3oc(-c4cc(C)cc(C)c4)cc3n2)cc(C)c1.Cc1[c-]c(-c2ccc3oc(-c4ccc(C(C)C)cc4)cc3n2)cc(C)c1.[Ir].[Ir].[Ir].[Ir]. The van der Waals surface area contributed by atoms with Crippen LogP contribution >= 0.6 is 0 Å². The van der Waals surface area contributed by atoms with Gasteiger partial charge in [-0.2, -0.15) is 0 Å². The molecular formula is C123H134Ir4N4O12-4. The number of benzene rings is 8. The van der Waals surface area contributed by atoms with E-state index in [9.17, 15) is 19.2 Å². The van der Waals surface area contributed by atoms with Crippen LogP contribution in [0.2, 0.25) is 0 Å². The minimum atomic E-state index is -0.125. The van der Waals surface area contributed by atoms with Crippen molar-refractivity contribution in [3.05, 3.63) is 355 Å². The number of carbonyl (C=O) groups excluding carboxylic acids is 4. The van der Waals surface area contributed by atoms with E-state index in [1.54, 1.807) is 0 Å². The van der Waals surface area contributed by atoms with E-state index >= 15 is 0 Å². The Bertz CT molecular complexity index is 6960. The van der Waals surface area contributed by atoms with Gasteiger partial charge in [-0.25, -0.2) is 0 Å². The van der Waals surface area contributed by atoms with E-state index in [1.807, 2.05) is 60.7 Å². The number of aryl methyl sites for hydroxylation is 12. The Hall–Kier alpha value is -12.0. The molecule has 0 aliphatic carbocycles. The van der Waals surface area contributed by atoms with Gasteiger partial charge in [0.1, 0.15) is 23.0 Å². The molecule has 0 atom stereocenters. The van der Waals surface area contributed by atoms with E-state index in [0.717, 1.165) is 157 Å². The number of furan rings is 4. The third-order valence-corrected chi connectivity index (χ3v) is 21.8. The number of allylic oxidation sites excluding steroid dienone is 8. The number of fused-ring (bicyclic) bond motifs is 4. The molecule has 0 aliphatic rings. The van der Waals surface area contributed by atoms with Gasteiger partial charge in [-0.1, -0.05) is 215 Å². The van der Waals surface area contributed by atoms with E-state index in [-0.39, 0.29) is 143 Å². The summed E-state index contributed by atoms with van der Waals surface area (Å²) in [6.07, 6.45) is 4.67. The first-order chi connectivity index (χ1) is 65.0. The number of aromatic nitrogens is 4.